The van der Waals surface area contributed by atoms with Gasteiger partial charge in [0.05, 0.1) is 5.69 Å². The summed E-state index contributed by atoms with van der Waals surface area (Å²) in [6.07, 6.45) is 0.0844. The van der Waals surface area contributed by atoms with Crippen LogP contribution in [0.3, 0.4) is 0 Å². The first-order valence-corrected chi connectivity index (χ1v) is 9.62. The average Bonchev–Trinajstić information content (AvgIpc) is 3.23. The summed E-state index contributed by atoms with van der Waals surface area (Å²) in [5.74, 6) is 1.05. The van der Waals surface area contributed by atoms with E-state index in [0.717, 1.165) is 43.5 Å². The minimum Gasteiger partial charge on any atom is -0.372 e. The molecule has 130 valence electrons. The van der Waals surface area contributed by atoms with Gasteiger partial charge in [0.25, 0.3) is 0 Å². The number of likely N-dealkylation sites (tertiary alicyclic amines) is 1. The molecule has 24 heavy (non-hydrogen) atoms. The number of benzene rings is 1. The molecule has 1 aliphatic rings. The molecule has 4 nitrogen and oxygen atoms in total. The molecule has 0 amide bonds. The third kappa shape index (κ3) is 4.03. The Morgan fingerprint density at radius 3 is 2.83 bits per heavy atom. The maximum absolute atomic E-state index is 6.04. The van der Waals surface area contributed by atoms with Crippen LogP contribution in [0.2, 0.25) is 0 Å². The topological polar surface area (TPSA) is 51.4 Å². The van der Waals surface area contributed by atoms with E-state index in [0.29, 0.717) is 11.8 Å². The summed E-state index contributed by atoms with van der Waals surface area (Å²) >= 11 is 1.70. The molecule has 1 unspecified atom stereocenters. The van der Waals surface area contributed by atoms with Crippen LogP contribution >= 0.6 is 11.3 Å². The summed E-state index contributed by atoms with van der Waals surface area (Å²) in [6.45, 7) is 8.54. The average molecular weight is 346 g/mol. The Morgan fingerprint density at radius 2 is 2.12 bits per heavy atom. The fourth-order valence-electron chi connectivity index (χ4n) is 3.54. The molecule has 2 heterocycles. The highest BCUT2D eigenvalue weighted by molar-refractivity contribution is 7.09. The SMILES string of the molecule is CCOC(C)c1nc(CN2C[C@@H](CN)[C@H](c3ccccc3)C2)cs1. The van der Waals surface area contributed by atoms with Crippen LogP contribution in [-0.4, -0.2) is 36.1 Å². The van der Waals surface area contributed by atoms with E-state index in [2.05, 4.69) is 47.5 Å². The van der Waals surface area contributed by atoms with Gasteiger partial charge in [-0.3, -0.25) is 4.90 Å². The van der Waals surface area contributed by atoms with Crippen molar-refractivity contribution in [2.24, 2.45) is 11.7 Å². The van der Waals surface area contributed by atoms with Gasteiger partial charge in [-0.25, -0.2) is 4.98 Å². The quantitative estimate of drug-likeness (QED) is 0.835. The maximum Gasteiger partial charge on any atom is 0.122 e. The predicted molar refractivity (Wildman–Crippen MR) is 99.2 cm³/mol. The van der Waals surface area contributed by atoms with E-state index < -0.39 is 0 Å². The maximum atomic E-state index is 6.04. The van der Waals surface area contributed by atoms with Crippen LogP contribution in [0.5, 0.6) is 0 Å². The van der Waals surface area contributed by atoms with Gasteiger partial charge in [0.15, 0.2) is 0 Å². The van der Waals surface area contributed by atoms with Gasteiger partial charge >= 0.3 is 0 Å². The fraction of sp³-hybridized carbons (Fsp3) is 0.526. The van der Waals surface area contributed by atoms with Gasteiger partial charge in [0.1, 0.15) is 11.1 Å². The minimum absolute atomic E-state index is 0.0844. The number of hydrogen-bond acceptors (Lipinski definition) is 5. The lowest BCUT2D eigenvalue weighted by molar-refractivity contribution is 0.0760. The van der Waals surface area contributed by atoms with E-state index in [9.17, 15) is 0 Å². The Morgan fingerprint density at radius 1 is 1.33 bits per heavy atom. The van der Waals surface area contributed by atoms with Crippen LogP contribution in [0.25, 0.3) is 0 Å². The fourth-order valence-corrected chi connectivity index (χ4v) is 4.35. The molecule has 1 saturated heterocycles. The molecular formula is C19H27N3OS. The second kappa shape index (κ2) is 8.21. The highest BCUT2D eigenvalue weighted by atomic mass is 32.1. The van der Waals surface area contributed by atoms with Crippen LogP contribution < -0.4 is 5.73 Å². The predicted octanol–water partition coefficient (Wildman–Crippen LogP) is 3.41. The van der Waals surface area contributed by atoms with Gasteiger partial charge in [-0.2, -0.15) is 0 Å². The molecule has 1 fully saturated rings. The Hall–Kier alpha value is -1.27. The standard InChI is InChI=1S/C19H27N3OS/c1-3-23-14(2)19-21-17(13-24-19)11-22-10-16(9-20)18(12-22)15-7-5-4-6-8-15/h4-8,13-14,16,18H,3,9-12,20H2,1-2H3/t14?,16-,18+/m1/s1. The molecule has 1 aromatic carbocycles. The van der Waals surface area contributed by atoms with Crippen LogP contribution in [0, 0.1) is 5.92 Å². The molecule has 1 aliphatic heterocycles. The van der Waals surface area contributed by atoms with Crippen molar-refractivity contribution in [3.05, 3.63) is 52.0 Å². The first-order valence-electron chi connectivity index (χ1n) is 8.74. The molecule has 0 bridgehead atoms. The third-order valence-corrected chi connectivity index (χ3v) is 5.82. The molecule has 2 aromatic rings. The molecule has 0 spiro atoms. The van der Waals surface area contributed by atoms with Crippen LogP contribution in [0.1, 0.15) is 42.1 Å². The van der Waals surface area contributed by atoms with E-state index in [1.807, 2.05) is 6.92 Å². The normalized spacial score (nSPS) is 22.8. The smallest absolute Gasteiger partial charge is 0.122 e. The monoisotopic (exact) mass is 345 g/mol. The second-order valence-corrected chi connectivity index (χ2v) is 7.37. The largest absolute Gasteiger partial charge is 0.372 e. The Balaban J connectivity index is 1.64. The minimum atomic E-state index is 0.0844. The lowest BCUT2D eigenvalue weighted by atomic mass is 9.89. The number of ether oxygens (including phenoxy) is 1. The van der Waals surface area contributed by atoms with Gasteiger partial charge in [-0.1, -0.05) is 30.3 Å². The first kappa shape index (κ1) is 17.5. The number of nitrogens with two attached hydrogens (primary N) is 1. The second-order valence-electron chi connectivity index (χ2n) is 6.48. The lowest BCUT2D eigenvalue weighted by Crippen LogP contribution is -2.23. The molecule has 0 radical (unpaired) electrons. The highest BCUT2D eigenvalue weighted by Gasteiger charge is 2.33. The zero-order chi connectivity index (χ0) is 16.9. The van der Waals surface area contributed by atoms with E-state index in [4.69, 9.17) is 15.5 Å². The van der Waals surface area contributed by atoms with E-state index in [1.54, 1.807) is 11.3 Å². The van der Waals surface area contributed by atoms with Crippen LogP contribution in [0.4, 0.5) is 0 Å². The summed E-state index contributed by atoms with van der Waals surface area (Å²) in [6, 6.07) is 10.8. The summed E-state index contributed by atoms with van der Waals surface area (Å²) in [5, 5.41) is 3.24. The van der Waals surface area contributed by atoms with Gasteiger partial charge in [-0.05, 0) is 31.9 Å². The highest BCUT2D eigenvalue weighted by Crippen LogP contribution is 2.33. The van der Waals surface area contributed by atoms with Crippen molar-refractivity contribution >= 4 is 11.3 Å². The molecule has 0 saturated carbocycles. The summed E-state index contributed by atoms with van der Waals surface area (Å²) in [4.78, 5) is 7.25. The van der Waals surface area contributed by atoms with Crippen molar-refractivity contribution in [1.82, 2.24) is 9.88 Å². The number of hydrogen-bond donors (Lipinski definition) is 1. The van der Waals surface area contributed by atoms with Crippen molar-refractivity contribution in [3.8, 4) is 0 Å². The Kier molecular flexibility index (Phi) is 6.00. The van der Waals surface area contributed by atoms with E-state index in [1.165, 1.54) is 5.56 Å². The number of aromatic nitrogens is 1. The molecular weight excluding hydrogens is 318 g/mol. The molecule has 3 atom stereocenters. The summed E-state index contributed by atoms with van der Waals surface area (Å²) < 4.78 is 5.64. The Labute approximate surface area is 148 Å². The lowest BCUT2D eigenvalue weighted by Gasteiger charge is -2.16. The van der Waals surface area contributed by atoms with Gasteiger partial charge in [0, 0.05) is 37.5 Å². The number of rotatable bonds is 7. The van der Waals surface area contributed by atoms with Gasteiger partial charge in [-0.15, -0.1) is 11.3 Å². The van der Waals surface area contributed by atoms with Crippen LogP contribution in [-0.2, 0) is 11.3 Å². The molecule has 5 heteroatoms. The van der Waals surface area contributed by atoms with Crippen molar-refractivity contribution in [3.63, 3.8) is 0 Å². The first-order chi connectivity index (χ1) is 11.7. The van der Waals surface area contributed by atoms with Crippen molar-refractivity contribution < 1.29 is 4.74 Å². The number of thiazole rings is 1. The summed E-state index contributed by atoms with van der Waals surface area (Å²) in [7, 11) is 0. The zero-order valence-corrected chi connectivity index (χ0v) is 15.3. The van der Waals surface area contributed by atoms with Gasteiger partial charge in [0.2, 0.25) is 0 Å². The molecule has 0 aliphatic carbocycles. The van der Waals surface area contributed by atoms with E-state index in [-0.39, 0.29) is 6.10 Å². The number of nitrogens with zero attached hydrogens (tertiary/aromatic N) is 2. The Bertz CT molecular complexity index is 631. The van der Waals surface area contributed by atoms with Crippen molar-refractivity contribution in [1.29, 1.82) is 0 Å². The van der Waals surface area contributed by atoms with Crippen molar-refractivity contribution in [2.45, 2.75) is 32.4 Å². The van der Waals surface area contributed by atoms with Crippen LogP contribution in [0.15, 0.2) is 35.7 Å². The molecule has 2 N–H and O–H groups in total. The molecule has 1 aromatic heterocycles. The zero-order valence-electron chi connectivity index (χ0n) is 14.5. The van der Waals surface area contributed by atoms with Gasteiger partial charge < -0.3 is 10.5 Å². The van der Waals surface area contributed by atoms with E-state index >= 15 is 0 Å². The van der Waals surface area contributed by atoms with Crippen molar-refractivity contribution in [2.75, 3.05) is 26.2 Å². The summed E-state index contributed by atoms with van der Waals surface area (Å²) in [5.41, 5.74) is 8.58. The molecule has 3 rings (SSSR count). The third-order valence-electron chi connectivity index (χ3n) is 4.77.